The highest BCUT2D eigenvalue weighted by Gasteiger charge is 2.18. The molecule has 0 aromatic rings. The summed E-state index contributed by atoms with van der Waals surface area (Å²) < 4.78 is 10.5. The molecule has 0 aliphatic rings. The maximum absolute atomic E-state index is 5.88. The lowest BCUT2D eigenvalue weighted by atomic mass is 10.1. The molecule has 0 aromatic heterocycles. The van der Waals surface area contributed by atoms with Crippen molar-refractivity contribution in [1.82, 2.24) is 0 Å². The van der Waals surface area contributed by atoms with Crippen molar-refractivity contribution >= 4 is 0 Å². The Morgan fingerprint density at radius 2 is 1.54 bits per heavy atom. The summed E-state index contributed by atoms with van der Waals surface area (Å²) in [7, 11) is 0. The van der Waals surface area contributed by atoms with E-state index in [1.165, 1.54) is 0 Å². The van der Waals surface area contributed by atoms with E-state index in [9.17, 15) is 0 Å². The molecule has 0 fully saturated rings. The summed E-state index contributed by atoms with van der Waals surface area (Å²) in [5.74, 6) is 0. The van der Waals surface area contributed by atoms with Crippen LogP contribution in [0.4, 0.5) is 0 Å². The number of nitrogens with two attached hydrogens (primary N) is 1. The molecule has 0 spiro atoms. The van der Waals surface area contributed by atoms with Crippen LogP contribution >= 0.6 is 0 Å². The molecule has 2 N–H and O–H groups in total. The van der Waals surface area contributed by atoms with Crippen LogP contribution in [0.5, 0.6) is 0 Å². The van der Waals surface area contributed by atoms with Crippen LogP contribution in [0, 0.1) is 0 Å². The summed E-state index contributed by atoms with van der Waals surface area (Å²) in [6.45, 7) is 11.0. The van der Waals surface area contributed by atoms with E-state index in [1.54, 1.807) is 12.2 Å². The van der Waals surface area contributed by atoms with E-state index >= 15 is 0 Å². The monoisotopic (exact) mass is 185 g/mol. The van der Waals surface area contributed by atoms with Crippen LogP contribution in [0.25, 0.3) is 0 Å². The summed E-state index contributed by atoms with van der Waals surface area (Å²) in [4.78, 5) is 0. The van der Waals surface area contributed by atoms with Crippen molar-refractivity contribution in [3.05, 3.63) is 25.3 Å². The molecular weight excluding hydrogens is 166 g/mol. The van der Waals surface area contributed by atoms with Crippen LogP contribution in [0.15, 0.2) is 25.3 Å². The van der Waals surface area contributed by atoms with Gasteiger partial charge in [0.1, 0.15) is 0 Å². The van der Waals surface area contributed by atoms with E-state index in [1.807, 2.05) is 6.92 Å². The van der Waals surface area contributed by atoms with Crippen LogP contribution in [0.1, 0.15) is 6.92 Å². The lowest BCUT2D eigenvalue weighted by Gasteiger charge is -2.23. The fourth-order valence-electron chi connectivity index (χ4n) is 0.792. The molecule has 0 amide bonds. The maximum atomic E-state index is 5.88. The van der Waals surface area contributed by atoms with E-state index in [2.05, 4.69) is 13.2 Å². The highest BCUT2D eigenvalue weighted by Crippen LogP contribution is 2.00. The number of rotatable bonds is 8. The predicted octanol–water partition coefficient (Wildman–Crippen LogP) is 1.11. The Kier molecular flexibility index (Phi) is 6.49. The van der Waals surface area contributed by atoms with Gasteiger partial charge in [-0.1, -0.05) is 12.2 Å². The van der Waals surface area contributed by atoms with Gasteiger partial charge in [-0.3, -0.25) is 0 Å². The number of hydrogen-bond acceptors (Lipinski definition) is 3. The van der Waals surface area contributed by atoms with E-state index in [0.29, 0.717) is 26.4 Å². The second-order valence-corrected chi connectivity index (χ2v) is 3.26. The van der Waals surface area contributed by atoms with Gasteiger partial charge in [-0.2, -0.15) is 0 Å². The van der Waals surface area contributed by atoms with Gasteiger partial charge >= 0.3 is 0 Å². The van der Waals surface area contributed by atoms with Gasteiger partial charge in [0.2, 0.25) is 0 Å². The number of ether oxygens (including phenoxy) is 2. The zero-order valence-corrected chi connectivity index (χ0v) is 8.29. The van der Waals surface area contributed by atoms with Crippen LogP contribution in [0.2, 0.25) is 0 Å². The normalized spacial score (nSPS) is 11.2. The quantitative estimate of drug-likeness (QED) is 0.455. The molecule has 0 unspecified atom stereocenters. The lowest BCUT2D eigenvalue weighted by Crippen LogP contribution is -2.45. The Balaban J connectivity index is 3.52. The summed E-state index contributed by atoms with van der Waals surface area (Å²) >= 11 is 0. The fraction of sp³-hybridized carbons (Fsp3) is 0.600. The van der Waals surface area contributed by atoms with Crippen molar-refractivity contribution in [3.63, 3.8) is 0 Å². The first-order valence-electron chi connectivity index (χ1n) is 4.28. The Morgan fingerprint density at radius 1 is 1.15 bits per heavy atom. The molecule has 0 rings (SSSR count). The molecule has 76 valence electrons. The molecule has 3 heteroatoms. The molecule has 0 saturated carbocycles. The van der Waals surface area contributed by atoms with Crippen molar-refractivity contribution in [1.29, 1.82) is 0 Å². The SMILES string of the molecule is C=CCOCC(C)(N)COCC=C. The summed E-state index contributed by atoms with van der Waals surface area (Å²) in [5.41, 5.74) is 5.44. The van der Waals surface area contributed by atoms with Crippen molar-refractivity contribution < 1.29 is 9.47 Å². The molecule has 0 heterocycles. The van der Waals surface area contributed by atoms with Crippen LogP contribution < -0.4 is 5.73 Å². The first-order valence-corrected chi connectivity index (χ1v) is 4.28. The van der Waals surface area contributed by atoms with E-state index in [4.69, 9.17) is 15.2 Å². The topological polar surface area (TPSA) is 44.5 Å². The van der Waals surface area contributed by atoms with Crippen LogP contribution in [-0.4, -0.2) is 32.0 Å². The van der Waals surface area contributed by atoms with Gasteiger partial charge in [0.05, 0.1) is 32.0 Å². The molecule has 0 saturated heterocycles. The second kappa shape index (κ2) is 6.83. The van der Waals surface area contributed by atoms with Gasteiger partial charge in [-0.05, 0) is 6.92 Å². The Bertz CT molecular complexity index is 139. The van der Waals surface area contributed by atoms with E-state index < -0.39 is 5.54 Å². The van der Waals surface area contributed by atoms with E-state index in [0.717, 1.165) is 0 Å². The van der Waals surface area contributed by atoms with Gasteiger partial charge in [-0.15, -0.1) is 13.2 Å². The molecular formula is C10H19NO2. The van der Waals surface area contributed by atoms with Gasteiger partial charge in [0, 0.05) is 0 Å². The third-order valence-electron chi connectivity index (χ3n) is 1.33. The Hall–Kier alpha value is -0.640. The zero-order chi connectivity index (χ0) is 10.2. The van der Waals surface area contributed by atoms with Crippen molar-refractivity contribution in [2.45, 2.75) is 12.5 Å². The largest absolute Gasteiger partial charge is 0.375 e. The summed E-state index contributed by atoms with van der Waals surface area (Å²) in [6, 6.07) is 0. The molecule has 0 atom stereocenters. The Morgan fingerprint density at radius 3 is 1.85 bits per heavy atom. The van der Waals surface area contributed by atoms with Gasteiger partial charge < -0.3 is 15.2 Å². The highest BCUT2D eigenvalue weighted by molar-refractivity contribution is 4.79. The minimum Gasteiger partial charge on any atom is -0.375 e. The first-order chi connectivity index (χ1) is 6.12. The highest BCUT2D eigenvalue weighted by atomic mass is 16.5. The minimum atomic E-state index is -0.438. The summed E-state index contributed by atoms with van der Waals surface area (Å²) in [5, 5.41) is 0. The van der Waals surface area contributed by atoms with Crippen molar-refractivity contribution in [3.8, 4) is 0 Å². The second-order valence-electron chi connectivity index (χ2n) is 3.26. The maximum Gasteiger partial charge on any atom is 0.0670 e. The molecule has 0 aliphatic carbocycles. The van der Waals surface area contributed by atoms with Crippen LogP contribution in [0.3, 0.4) is 0 Å². The molecule has 0 aliphatic heterocycles. The smallest absolute Gasteiger partial charge is 0.0670 e. The fourth-order valence-corrected chi connectivity index (χ4v) is 0.792. The third-order valence-corrected chi connectivity index (χ3v) is 1.33. The molecule has 0 radical (unpaired) electrons. The molecule has 13 heavy (non-hydrogen) atoms. The zero-order valence-electron chi connectivity index (χ0n) is 8.29. The minimum absolute atomic E-state index is 0.438. The predicted molar refractivity (Wildman–Crippen MR) is 54.6 cm³/mol. The third kappa shape index (κ3) is 7.71. The molecule has 0 bridgehead atoms. The van der Waals surface area contributed by atoms with Crippen LogP contribution in [-0.2, 0) is 9.47 Å². The lowest BCUT2D eigenvalue weighted by molar-refractivity contribution is 0.0485. The summed E-state index contributed by atoms with van der Waals surface area (Å²) in [6.07, 6.45) is 3.39. The first kappa shape index (κ1) is 12.4. The molecule has 0 aromatic carbocycles. The average molecular weight is 185 g/mol. The van der Waals surface area contributed by atoms with Crippen molar-refractivity contribution in [2.75, 3.05) is 26.4 Å². The van der Waals surface area contributed by atoms with Gasteiger partial charge in [-0.25, -0.2) is 0 Å². The van der Waals surface area contributed by atoms with Crippen molar-refractivity contribution in [2.24, 2.45) is 5.73 Å². The Labute approximate surface area is 80.2 Å². The van der Waals surface area contributed by atoms with Gasteiger partial charge in [0.15, 0.2) is 0 Å². The number of hydrogen-bond donors (Lipinski definition) is 1. The molecule has 3 nitrogen and oxygen atoms in total. The average Bonchev–Trinajstić information content (AvgIpc) is 2.05. The van der Waals surface area contributed by atoms with Gasteiger partial charge in [0.25, 0.3) is 0 Å². The van der Waals surface area contributed by atoms with E-state index in [-0.39, 0.29) is 0 Å². The standard InChI is InChI=1S/C10H19NO2/c1-4-6-12-8-10(3,11)9-13-7-5-2/h4-5H,1-2,6-9,11H2,3H3.